The summed E-state index contributed by atoms with van der Waals surface area (Å²) in [5, 5.41) is 5.13. The number of benzene rings is 1. The maximum absolute atomic E-state index is 12.8. The Kier molecular flexibility index (Phi) is 6.78. The Labute approximate surface area is 153 Å². The molecule has 1 aromatic carbocycles. The molecule has 0 spiro atoms. The number of carbonyl (C=O) groups is 3. The third-order valence-electron chi connectivity index (χ3n) is 4.00. The van der Waals surface area contributed by atoms with Gasteiger partial charge in [-0.1, -0.05) is 6.07 Å². The molecule has 27 heavy (non-hydrogen) atoms. The highest BCUT2D eigenvalue weighted by atomic mass is 19.4. The minimum absolute atomic E-state index is 0.00200. The normalized spacial score (nSPS) is 17.1. The monoisotopic (exact) mass is 387 g/mol. The Morgan fingerprint density at radius 2 is 1.96 bits per heavy atom. The van der Waals surface area contributed by atoms with E-state index < -0.39 is 23.6 Å². The fourth-order valence-electron chi connectivity index (χ4n) is 2.70. The third kappa shape index (κ3) is 5.68. The highest BCUT2D eigenvalue weighted by molar-refractivity contribution is 6.00. The van der Waals surface area contributed by atoms with Crippen LogP contribution in [-0.2, 0) is 25.3 Å². The van der Waals surface area contributed by atoms with E-state index in [1.807, 2.05) is 0 Å². The lowest BCUT2D eigenvalue weighted by atomic mass is 10.1. The van der Waals surface area contributed by atoms with E-state index in [1.54, 1.807) is 0 Å². The summed E-state index contributed by atoms with van der Waals surface area (Å²) in [6.07, 6.45) is -4.60. The van der Waals surface area contributed by atoms with Gasteiger partial charge in [0.25, 0.3) is 0 Å². The summed E-state index contributed by atoms with van der Waals surface area (Å²) in [4.78, 5) is 36.7. The van der Waals surface area contributed by atoms with Crippen LogP contribution in [0.2, 0.25) is 0 Å². The molecule has 0 aromatic heterocycles. The van der Waals surface area contributed by atoms with E-state index in [0.29, 0.717) is 0 Å². The van der Waals surface area contributed by atoms with Crippen LogP contribution in [0.5, 0.6) is 0 Å². The molecule has 1 fully saturated rings. The van der Waals surface area contributed by atoms with Gasteiger partial charge in [-0.3, -0.25) is 14.4 Å². The molecule has 1 heterocycles. The topological polar surface area (TPSA) is 87.7 Å². The molecular weight excluding hydrogens is 367 g/mol. The standard InChI is InChI=1S/C17H20F3N3O4/c1-27-10-14(24)21-5-6-22-16(26)11-7-15(25)23(9-11)13-4-2-3-12(8-13)17(18,19)20/h2-4,8,11H,5-7,9-10H2,1H3,(H,21,24)(H,22,26)/t11-/m1/s1. The molecule has 2 rings (SSSR count). The van der Waals surface area contributed by atoms with Crippen molar-refractivity contribution in [3.63, 3.8) is 0 Å². The van der Waals surface area contributed by atoms with Crippen LogP contribution in [-0.4, -0.2) is 51.1 Å². The molecule has 1 atom stereocenters. The summed E-state index contributed by atoms with van der Waals surface area (Å²) in [5.41, 5.74) is -0.746. The van der Waals surface area contributed by atoms with Gasteiger partial charge >= 0.3 is 6.18 Å². The van der Waals surface area contributed by atoms with Crippen LogP contribution in [0.4, 0.5) is 18.9 Å². The molecule has 0 unspecified atom stereocenters. The van der Waals surface area contributed by atoms with Gasteiger partial charge in [-0.2, -0.15) is 13.2 Å². The second-order valence-corrected chi connectivity index (χ2v) is 6.03. The van der Waals surface area contributed by atoms with Crippen molar-refractivity contribution in [1.82, 2.24) is 10.6 Å². The summed E-state index contributed by atoms with van der Waals surface area (Å²) in [5.74, 6) is -1.79. The Morgan fingerprint density at radius 3 is 2.63 bits per heavy atom. The lowest BCUT2D eigenvalue weighted by Crippen LogP contribution is -2.39. The average molecular weight is 387 g/mol. The van der Waals surface area contributed by atoms with Crippen molar-refractivity contribution in [3.05, 3.63) is 29.8 Å². The van der Waals surface area contributed by atoms with E-state index in [2.05, 4.69) is 15.4 Å². The number of nitrogens with zero attached hydrogens (tertiary/aromatic N) is 1. The lowest BCUT2D eigenvalue weighted by Gasteiger charge is -2.18. The van der Waals surface area contributed by atoms with Gasteiger partial charge in [-0.15, -0.1) is 0 Å². The molecule has 1 saturated heterocycles. The number of ether oxygens (including phenoxy) is 1. The van der Waals surface area contributed by atoms with Crippen molar-refractivity contribution >= 4 is 23.4 Å². The van der Waals surface area contributed by atoms with Crippen molar-refractivity contribution in [1.29, 1.82) is 0 Å². The predicted molar refractivity (Wildman–Crippen MR) is 89.8 cm³/mol. The summed E-state index contributed by atoms with van der Waals surface area (Å²) in [6, 6.07) is 4.44. The first-order chi connectivity index (χ1) is 12.7. The fraction of sp³-hybridized carbons (Fsp3) is 0.471. The molecule has 148 valence electrons. The van der Waals surface area contributed by atoms with Gasteiger partial charge in [0.2, 0.25) is 17.7 Å². The molecule has 0 radical (unpaired) electrons. The summed E-state index contributed by atoms with van der Waals surface area (Å²) >= 11 is 0. The number of carbonyl (C=O) groups excluding carboxylic acids is 3. The molecule has 0 bridgehead atoms. The Morgan fingerprint density at radius 1 is 1.26 bits per heavy atom. The van der Waals surface area contributed by atoms with Crippen molar-refractivity contribution in [2.45, 2.75) is 12.6 Å². The summed E-state index contributed by atoms with van der Waals surface area (Å²) < 4.78 is 43.1. The van der Waals surface area contributed by atoms with Crippen LogP contribution in [0.15, 0.2) is 24.3 Å². The largest absolute Gasteiger partial charge is 0.416 e. The molecular formula is C17H20F3N3O4. The maximum Gasteiger partial charge on any atom is 0.416 e. The summed E-state index contributed by atoms with van der Waals surface area (Å²) in [6.45, 7) is 0.285. The number of halogens is 3. The molecule has 10 heteroatoms. The van der Waals surface area contributed by atoms with E-state index in [9.17, 15) is 27.6 Å². The van der Waals surface area contributed by atoms with E-state index >= 15 is 0 Å². The second-order valence-electron chi connectivity index (χ2n) is 6.03. The third-order valence-corrected chi connectivity index (χ3v) is 4.00. The van der Waals surface area contributed by atoms with E-state index in [0.717, 1.165) is 12.1 Å². The predicted octanol–water partition coefficient (Wildman–Crippen LogP) is 0.937. The second kappa shape index (κ2) is 8.85. The first-order valence-corrected chi connectivity index (χ1v) is 8.23. The van der Waals surface area contributed by atoms with Crippen LogP contribution in [0.1, 0.15) is 12.0 Å². The highest BCUT2D eigenvalue weighted by Gasteiger charge is 2.36. The van der Waals surface area contributed by atoms with Crippen LogP contribution < -0.4 is 15.5 Å². The zero-order chi connectivity index (χ0) is 20.0. The average Bonchev–Trinajstić information content (AvgIpc) is 3.00. The number of anilines is 1. The molecule has 1 aliphatic heterocycles. The highest BCUT2D eigenvalue weighted by Crippen LogP contribution is 2.33. The molecule has 1 aliphatic rings. The number of amides is 3. The summed E-state index contributed by atoms with van der Waals surface area (Å²) in [7, 11) is 1.38. The van der Waals surface area contributed by atoms with Crippen molar-refractivity contribution in [2.75, 3.05) is 38.3 Å². The molecule has 0 aliphatic carbocycles. The number of alkyl halides is 3. The lowest BCUT2D eigenvalue weighted by molar-refractivity contribution is -0.137. The minimum atomic E-state index is -4.51. The van der Waals surface area contributed by atoms with Gasteiger partial charge < -0.3 is 20.3 Å². The van der Waals surface area contributed by atoms with Crippen LogP contribution in [0.3, 0.4) is 0 Å². The van der Waals surface area contributed by atoms with Gasteiger partial charge in [0.15, 0.2) is 0 Å². The maximum atomic E-state index is 12.8. The number of nitrogens with one attached hydrogen (secondary N) is 2. The first kappa shape index (κ1) is 20.7. The minimum Gasteiger partial charge on any atom is -0.375 e. The van der Waals surface area contributed by atoms with Crippen molar-refractivity contribution in [3.8, 4) is 0 Å². The van der Waals surface area contributed by atoms with Gasteiger partial charge in [-0.05, 0) is 18.2 Å². The smallest absolute Gasteiger partial charge is 0.375 e. The van der Waals surface area contributed by atoms with Gasteiger partial charge in [-0.25, -0.2) is 0 Å². The van der Waals surface area contributed by atoms with E-state index in [1.165, 1.54) is 24.1 Å². The SMILES string of the molecule is COCC(=O)NCCNC(=O)[C@@H]1CC(=O)N(c2cccc(C(F)(F)F)c2)C1. The van der Waals surface area contributed by atoms with E-state index in [-0.39, 0.29) is 50.2 Å². The quantitative estimate of drug-likeness (QED) is 0.682. The molecule has 0 saturated carbocycles. The van der Waals surface area contributed by atoms with Gasteiger partial charge in [0, 0.05) is 38.9 Å². The fourth-order valence-corrected chi connectivity index (χ4v) is 2.70. The van der Waals surface area contributed by atoms with Gasteiger partial charge in [0.1, 0.15) is 6.61 Å². The van der Waals surface area contributed by atoms with Crippen molar-refractivity contribution in [2.24, 2.45) is 5.92 Å². The van der Waals surface area contributed by atoms with Crippen molar-refractivity contribution < 1.29 is 32.3 Å². The molecule has 2 N–H and O–H groups in total. The number of methoxy groups -OCH3 is 1. The van der Waals surface area contributed by atoms with Gasteiger partial charge in [0.05, 0.1) is 11.5 Å². The first-order valence-electron chi connectivity index (χ1n) is 8.23. The number of hydrogen-bond donors (Lipinski definition) is 2. The molecule has 7 nitrogen and oxygen atoms in total. The molecule has 3 amide bonds. The Hall–Kier alpha value is -2.62. The zero-order valence-corrected chi connectivity index (χ0v) is 14.6. The Bertz CT molecular complexity index is 709. The van der Waals surface area contributed by atoms with Crippen LogP contribution in [0, 0.1) is 5.92 Å². The number of rotatable bonds is 7. The van der Waals surface area contributed by atoms with Crippen LogP contribution >= 0.6 is 0 Å². The Balaban J connectivity index is 1.89. The molecule has 1 aromatic rings. The zero-order valence-electron chi connectivity index (χ0n) is 14.6. The van der Waals surface area contributed by atoms with Crippen LogP contribution in [0.25, 0.3) is 0 Å². The number of hydrogen-bond acceptors (Lipinski definition) is 4. The van der Waals surface area contributed by atoms with E-state index in [4.69, 9.17) is 0 Å².